The first kappa shape index (κ1) is 15.7. The van der Waals surface area contributed by atoms with Crippen molar-refractivity contribution >= 4 is 16.8 Å². The van der Waals surface area contributed by atoms with Gasteiger partial charge in [-0.2, -0.15) is 0 Å². The van der Waals surface area contributed by atoms with Crippen molar-refractivity contribution in [3.63, 3.8) is 0 Å². The van der Waals surface area contributed by atoms with Crippen LogP contribution in [0.25, 0.3) is 10.9 Å². The van der Waals surface area contributed by atoms with Gasteiger partial charge >= 0.3 is 0 Å². The molecule has 1 atom stereocenters. The van der Waals surface area contributed by atoms with Gasteiger partial charge < -0.3 is 14.4 Å². The molecule has 2 aromatic rings. The van der Waals surface area contributed by atoms with Gasteiger partial charge in [0, 0.05) is 31.8 Å². The Bertz CT molecular complexity index is 702. The molecule has 1 saturated heterocycles. The van der Waals surface area contributed by atoms with Crippen molar-refractivity contribution in [2.45, 2.75) is 25.9 Å². The number of nitrogens with zero attached hydrogens (tertiary/aromatic N) is 2. The number of ether oxygens (including phenoxy) is 2. The lowest BCUT2D eigenvalue weighted by Crippen LogP contribution is -2.44. The molecule has 0 radical (unpaired) electrons. The largest absolute Gasteiger partial charge is 0.483 e. The molecule has 1 unspecified atom stereocenters. The van der Waals surface area contributed by atoms with Crippen LogP contribution in [0.1, 0.15) is 18.4 Å². The van der Waals surface area contributed by atoms with Gasteiger partial charge in [-0.3, -0.25) is 9.78 Å². The van der Waals surface area contributed by atoms with Crippen LogP contribution in [-0.4, -0.2) is 48.7 Å². The molecule has 0 bridgehead atoms. The van der Waals surface area contributed by atoms with Crippen molar-refractivity contribution in [2.75, 3.05) is 26.8 Å². The Morgan fingerprint density at radius 1 is 1.39 bits per heavy atom. The number of rotatable bonds is 4. The second-order valence-electron chi connectivity index (χ2n) is 5.96. The second kappa shape index (κ2) is 6.96. The number of pyridine rings is 1. The molecule has 5 nitrogen and oxygen atoms in total. The Kier molecular flexibility index (Phi) is 4.76. The van der Waals surface area contributed by atoms with Crippen molar-refractivity contribution in [1.82, 2.24) is 9.88 Å². The molecule has 2 heterocycles. The number of carbonyl (C=O) groups excluding carboxylic acids is 1. The third kappa shape index (κ3) is 3.62. The molecule has 0 aliphatic carbocycles. The molecule has 1 fully saturated rings. The lowest BCUT2D eigenvalue weighted by atomic mass is 10.1. The lowest BCUT2D eigenvalue weighted by Gasteiger charge is -2.31. The monoisotopic (exact) mass is 314 g/mol. The molecule has 1 aromatic carbocycles. The molecule has 5 heteroatoms. The van der Waals surface area contributed by atoms with Gasteiger partial charge in [-0.05, 0) is 43.5 Å². The van der Waals surface area contributed by atoms with E-state index in [1.807, 2.05) is 30.0 Å². The fourth-order valence-corrected chi connectivity index (χ4v) is 2.95. The average Bonchev–Trinajstić information content (AvgIpc) is 2.59. The van der Waals surface area contributed by atoms with E-state index in [0.717, 1.165) is 35.9 Å². The van der Waals surface area contributed by atoms with E-state index in [1.165, 1.54) is 0 Å². The van der Waals surface area contributed by atoms with Crippen molar-refractivity contribution in [1.29, 1.82) is 0 Å². The van der Waals surface area contributed by atoms with Crippen LogP contribution in [0.15, 0.2) is 30.5 Å². The molecule has 122 valence electrons. The molecular weight excluding hydrogens is 292 g/mol. The van der Waals surface area contributed by atoms with Gasteiger partial charge in [-0.15, -0.1) is 0 Å². The third-order valence-corrected chi connectivity index (χ3v) is 4.27. The normalized spacial score (nSPS) is 18.2. The van der Waals surface area contributed by atoms with Crippen LogP contribution in [0.5, 0.6) is 5.75 Å². The molecule has 1 aromatic heterocycles. The van der Waals surface area contributed by atoms with Gasteiger partial charge in [0.15, 0.2) is 6.61 Å². The highest BCUT2D eigenvalue weighted by atomic mass is 16.5. The predicted octanol–water partition coefficient (Wildman–Crippen LogP) is 2.56. The Morgan fingerprint density at radius 3 is 3.09 bits per heavy atom. The van der Waals surface area contributed by atoms with Crippen LogP contribution in [0.3, 0.4) is 0 Å². The zero-order valence-corrected chi connectivity index (χ0v) is 13.6. The molecule has 1 aliphatic rings. The number of fused-ring (bicyclic) bond motifs is 1. The minimum absolute atomic E-state index is 0.00354. The highest BCUT2D eigenvalue weighted by Crippen LogP contribution is 2.24. The molecule has 0 saturated carbocycles. The molecule has 23 heavy (non-hydrogen) atoms. The maximum absolute atomic E-state index is 12.4. The summed E-state index contributed by atoms with van der Waals surface area (Å²) in [5.41, 5.74) is 2.03. The van der Waals surface area contributed by atoms with Crippen molar-refractivity contribution in [3.05, 3.63) is 36.0 Å². The van der Waals surface area contributed by atoms with Crippen molar-refractivity contribution < 1.29 is 14.3 Å². The Balaban J connectivity index is 1.67. The predicted molar refractivity (Wildman–Crippen MR) is 88.6 cm³/mol. The summed E-state index contributed by atoms with van der Waals surface area (Å²) in [4.78, 5) is 18.5. The standard InChI is InChI=1S/C18H22N2O3/c1-13-5-6-15-16(10-13)19-8-7-17(15)23-12-18(21)20-9-3-4-14(11-20)22-2/h5-8,10,14H,3-4,9,11-12H2,1-2H3. The van der Waals surface area contributed by atoms with Crippen molar-refractivity contribution in [2.24, 2.45) is 0 Å². The first-order valence-corrected chi connectivity index (χ1v) is 7.96. The molecular formula is C18H22N2O3. The van der Waals surface area contributed by atoms with Gasteiger partial charge in [0.2, 0.25) is 0 Å². The summed E-state index contributed by atoms with van der Waals surface area (Å²) in [7, 11) is 1.69. The maximum Gasteiger partial charge on any atom is 0.260 e. The third-order valence-electron chi connectivity index (χ3n) is 4.27. The van der Waals surface area contributed by atoms with Crippen LogP contribution >= 0.6 is 0 Å². The molecule has 1 aliphatic heterocycles. The molecule has 3 rings (SSSR count). The average molecular weight is 314 g/mol. The molecule has 1 amide bonds. The number of aryl methyl sites for hydroxylation is 1. The van der Waals surface area contributed by atoms with Gasteiger partial charge in [0.1, 0.15) is 5.75 Å². The Labute approximate surface area is 136 Å². The Hall–Kier alpha value is -2.14. The van der Waals surface area contributed by atoms with E-state index in [2.05, 4.69) is 4.98 Å². The van der Waals surface area contributed by atoms with Crippen LogP contribution < -0.4 is 4.74 Å². The first-order chi connectivity index (χ1) is 11.2. The smallest absolute Gasteiger partial charge is 0.260 e. The van der Waals surface area contributed by atoms with E-state index in [4.69, 9.17) is 9.47 Å². The van der Waals surface area contributed by atoms with E-state index < -0.39 is 0 Å². The fourth-order valence-electron chi connectivity index (χ4n) is 2.95. The van der Waals surface area contributed by atoms with Crippen molar-refractivity contribution in [3.8, 4) is 5.75 Å². The highest BCUT2D eigenvalue weighted by molar-refractivity contribution is 5.86. The van der Waals surface area contributed by atoms with Crippen LogP contribution in [0, 0.1) is 6.92 Å². The van der Waals surface area contributed by atoms with Gasteiger partial charge in [-0.25, -0.2) is 0 Å². The number of hydrogen-bond donors (Lipinski definition) is 0. The van der Waals surface area contributed by atoms with Crippen LogP contribution in [0.4, 0.5) is 0 Å². The van der Waals surface area contributed by atoms with E-state index >= 15 is 0 Å². The topological polar surface area (TPSA) is 51.7 Å². The Morgan fingerprint density at radius 2 is 2.26 bits per heavy atom. The number of methoxy groups -OCH3 is 1. The van der Waals surface area contributed by atoms with E-state index in [9.17, 15) is 4.79 Å². The second-order valence-corrected chi connectivity index (χ2v) is 5.96. The number of aromatic nitrogens is 1. The van der Waals surface area contributed by atoms with E-state index in [-0.39, 0.29) is 18.6 Å². The maximum atomic E-state index is 12.4. The minimum Gasteiger partial charge on any atom is -0.483 e. The number of hydrogen-bond acceptors (Lipinski definition) is 4. The number of carbonyl (C=O) groups is 1. The highest BCUT2D eigenvalue weighted by Gasteiger charge is 2.23. The SMILES string of the molecule is COC1CCCN(C(=O)COc2ccnc3cc(C)ccc23)C1. The van der Waals surface area contributed by atoms with Crippen LogP contribution in [0.2, 0.25) is 0 Å². The van der Waals surface area contributed by atoms with E-state index in [1.54, 1.807) is 19.4 Å². The van der Waals surface area contributed by atoms with Gasteiger partial charge in [0.25, 0.3) is 5.91 Å². The van der Waals surface area contributed by atoms with Gasteiger partial charge in [-0.1, -0.05) is 6.07 Å². The zero-order valence-electron chi connectivity index (χ0n) is 13.6. The minimum atomic E-state index is 0.00354. The van der Waals surface area contributed by atoms with Crippen LogP contribution in [-0.2, 0) is 9.53 Å². The molecule has 0 spiro atoms. The summed E-state index contributed by atoms with van der Waals surface area (Å²) in [5.74, 6) is 0.701. The fraction of sp³-hybridized carbons (Fsp3) is 0.444. The quantitative estimate of drug-likeness (QED) is 0.870. The lowest BCUT2D eigenvalue weighted by molar-refractivity contribution is -0.136. The summed E-state index contributed by atoms with van der Waals surface area (Å²) in [6.45, 7) is 3.50. The number of benzene rings is 1. The number of likely N-dealkylation sites (tertiary alicyclic amines) is 1. The van der Waals surface area contributed by atoms with E-state index in [0.29, 0.717) is 12.3 Å². The summed E-state index contributed by atoms with van der Waals surface area (Å²) in [6.07, 6.45) is 3.83. The molecule has 0 N–H and O–H groups in total. The number of piperidine rings is 1. The number of amides is 1. The summed E-state index contributed by atoms with van der Waals surface area (Å²) < 4.78 is 11.1. The summed E-state index contributed by atoms with van der Waals surface area (Å²) >= 11 is 0. The summed E-state index contributed by atoms with van der Waals surface area (Å²) in [5, 5.41) is 0.930. The zero-order chi connectivity index (χ0) is 16.2. The first-order valence-electron chi connectivity index (χ1n) is 7.96. The van der Waals surface area contributed by atoms with Gasteiger partial charge in [0.05, 0.1) is 11.6 Å². The summed E-state index contributed by atoms with van der Waals surface area (Å²) in [6, 6.07) is 7.82.